The second-order valence-electron chi connectivity index (χ2n) is 6.81. The van der Waals surface area contributed by atoms with E-state index in [-0.39, 0.29) is 11.2 Å². The second-order valence-corrected chi connectivity index (χ2v) is 9.13. The van der Waals surface area contributed by atoms with Crippen molar-refractivity contribution in [2.75, 3.05) is 0 Å². The number of hydrogen-bond acceptors (Lipinski definition) is 2. The summed E-state index contributed by atoms with van der Waals surface area (Å²) in [4.78, 5) is 0. The normalized spacial score (nSPS) is 13.8. The highest BCUT2D eigenvalue weighted by atomic mass is 32.2. The first-order valence-corrected chi connectivity index (χ1v) is 9.27. The molecule has 0 bridgehead atoms. The third kappa shape index (κ3) is 3.98. The van der Waals surface area contributed by atoms with Gasteiger partial charge in [0.15, 0.2) is 9.84 Å². The molecule has 0 amide bonds. The van der Waals surface area contributed by atoms with Crippen molar-refractivity contribution < 1.29 is 8.42 Å². The van der Waals surface area contributed by atoms with E-state index in [0.717, 1.165) is 11.1 Å². The summed E-state index contributed by atoms with van der Waals surface area (Å²) in [5.41, 5.74) is 2.98. The van der Waals surface area contributed by atoms with Gasteiger partial charge in [-0.3, -0.25) is 0 Å². The molecule has 0 spiro atoms. The molecule has 2 nitrogen and oxygen atoms in total. The van der Waals surface area contributed by atoms with Gasteiger partial charge in [-0.2, -0.15) is 0 Å². The summed E-state index contributed by atoms with van der Waals surface area (Å²) in [5.74, 6) is 0.0769. The Morgan fingerprint density at radius 3 is 1.95 bits per heavy atom. The second kappa shape index (κ2) is 6.25. The molecule has 0 aromatic heterocycles. The number of benzene rings is 2. The van der Waals surface area contributed by atoms with Crippen molar-refractivity contribution in [1.29, 1.82) is 0 Å². The molecule has 0 saturated heterocycles. The summed E-state index contributed by atoms with van der Waals surface area (Å²) in [6, 6.07) is 17.3. The zero-order valence-corrected chi connectivity index (χ0v) is 14.5. The van der Waals surface area contributed by atoms with Crippen LogP contribution in [0.3, 0.4) is 0 Å². The average molecular weight is 316 g/mol. The quantitative estimate of drug-likeness (QED) is 0.822. The van der Waals surface area contributed by atoms with Gasteiger partial charge in [-0.25, -0.2) is 8.42 Å². The minimum absolute atomic E-state index is 0.0769. The van der Waals surface area contributed by atoms with Crippen molar-refractivity contribution in [2.45, 2.75) is 44.1 Å². The van der Waals surface area contributed by atoms with Gasteiger partial charge >= 0.3 is 0 Å². The van der Waals surface area contributed by atoms with Crippen molar-refractivity contribution in [2.24, 2.45) is 0 Å². The molecule has 0 aliphatic heterocycles. The van der Waals surface area contributed by atoms with E-state index >= 15 is 0 Å². The van der Waals surface area contributed by atoms with Crippen molar-refractivity contribution in [3.63, 3.8) is 0 Å². The Morgan fingerprint density at radius 1 is 0.909 bits per heavy atom. The Kier molecular flexibility index (Phi) is 4.76. The first-order valence-electron chi connectivity index (χ1n) is 7.56. The van der Waals surface area contributed by atoms with Crippen LogP contribution in [-0.4, -0.2) is 8.42 Å². The number of sulfone groups is 1. The SMILES string of the molecule is C[C@@H](c1ccccc1)S(=O)(=O)Cc1ccc(C(C)(C)C)cc1. The molecule has 2 aromatic carbocycles. The predicted octanol–water partition coefficient (Wildman–Crippen LogP) is 4.66. The van der Waals surface area contributed by atoms with Gasteiger partial charge in [-0.05, 0) is 29.0 Å². The molecule has 0 saturated carbocycles. The fourth-order valence-electron chi connectivity index (χ4n) is 2.39. The molecular formula is C19H24O2S. The molecule has 1 atom stereocenters. The van der Waals surface area contributed by atoms with Crippen LogP contribution in [0.25, 0.3) is 0 Å². The molecule has 2 aromatic rings. The Balaban J connectivity index is 2.19. The van der Waals surface area contributed by atoms with Gasteiger partial charge in [0.25, 0.3) is 0 Å². The van der Waals surface area contributed by atoms with E-state index in [4.69, 9.17) is 0 Å². The lowest BCUT2D eigenvalue weighted by Crippen LogP contribution is -2.14. The third-order valence-corrected chi connectivity index (χ3v) is 6.08. The van der Waals surface area contributed by atoms with Crippen LogP contribution in [0.4, 0.5) is 0 Å². The van der Waals surface area contributed by atoms with Crippen molar-refractivity contribution in [3.8, 4) is 0 Å². The molecule has 0 radical (unpaired) electrons. The molecule has 2 rings (SSSR count). The number of rotatable bonds is 4. The van der Waals surface area contributed by atoms with Gasteiger partial charge < -0.3 is 0 Å². The van der Waals surface area contributed by atoms with Crippen molar-refractivity contribution in [3.05, 3.63) is 71.3 Å². The van der Waals surface area contributed by atoms with Crippen molar-refractivity contribution >= 4 is 9.84 Å². The lowest BCUT2D eigenvalue weighted by molar-refractivity contribution is 0.585. The van der Waals surface area contributed by atoms with Crippen molar-refractivity contribution in [1.82, 2.24) is 0 Å². The highest BCUT2D eigenvalue weighted by Crippen LogP contribution is 2.27. The van der Waals surface area contributed by atoms with E-state index in [0.29, 0.717) is 0 Å². The standard InChI is InChI=1S/C19H24O2S/c1-15(17-8-6-5-7-9-17)22(20,21)14-16-10-12-18(13-11-16)19(2,3)4/h5-13,15H,14H2,1-4H3/t15-/m0/s1. The predicted molar refractivity (Wildman–Crippen MR) is 92.6 cm³/mol. The zero-order chi connectivity index (χ0) is 16.4. The molecule has 0 fully saturated rings. The fourth-order valence-corrected chi connectivity index (χ4v) is 3.87. The summed E-state index contributed by atoms with van der Waals surface area (Å²) in [5, 5.41) is -0.490. The number of hydrogen-bond donors (Lipinski definition) is 0. The minimum Gasteiger partial charge on any atom is -0.228 e. The van der Waals surface area contributed by atoms with E-state index in [1.165, 1.54) is 5.56 Å². The van der Waals surface area contributed by atoms with E-state index < -0.39 is 15.1 Å². The van der Waals surface area contributed by atoms with Crippen LogP contribution in [0.5, 0.6) is 0 Å². The highest BCUT2D eigenvalue weighted by molar-refractivity contribution is 7.90. The van der Waals surface area contributed by atoms with Crippen LogP contribution >= 0.6 is 0 Å². The maximum Gasteiger partial charge on any atom is 0.161 e. The topological polar surface area (TPSA) is 34.1 Å². The van der Waals surface area contributed by atoms with Gasteiger partial charge in [0.05, 0.1) is 11.0 Å². The monoisotopic (exact) mass is 316 g/mol. The summed E-state index contributed by atoms with van der Waals surface area (Å²) in [7, 11) is -3.21. The first-order chi connectivity index (χ1) is 10.2. The van der Waals surface area contributed by atoms with Gasteiger partial charge in [0, 0.05) is 0 Å². The van der Waals surface area contributed by atoms with E-state index in [9.17, 15) is 8.42 Å². The molecule has 3 heteroatoms. The minimum atomic E-state index is -3.21. The van der Waals surface area contributed by atoms with Crippen LogP contribution in [0.2, 0.25) is 0 Å². The maximum absolute atomic E-state index is 12.6. The first kappa shape index (κ1) is 16.8. The summed E-state index contributed by atoms with van der Waals surface area (Å²) in [6.07, 6.45) is 0. The van der Waals surface area contributed by atoms with E-state index in [1.54, 1.807) is 6.92 Å². The molecule has 0 unspecified atom stereocenters. The summed E-state index contributed by atoms with van der Waals surface area (Å²) >= 11 is 0. The van der Waals surface area contributed by atoms with Crippen LogP contribution in [-0.2, 0) is 21.0 Å². The Morgan fingerprint density at radius 2 is 1.45 bits per heavy atom. The van der Waals surface area contributed by atoms with Gasteiger partial charge in [-0.15, -0.1) is 0 Å². The van der Waals surface area contributed by atoms with Crippen LogP contribution in [0.15, 0.2) is 54.6 Å². The largest absolute Gasteiger partial charge is 0.228 e. The van der Waals surface area contributed by atoms with Gasteiger partial charge in [-0.1, -0.05) is 75.4 Å². The smallest absolute Gasteiger partial charge is 0.161 e. The molecule has 0 N–H and O–H groups in total. The zero-order valence-electron chi connectivity index (χ0n) is 13.7. The molecule has 0 aliphatic carbocycles. The van der Waals surface area contributed by atoms with Crippen LogP contribution in [0.1, 0.15) is 49.6 Å². The molecular weight excluding hydrogens is 292 g/mol. The summed E-state index contributed by atoms with van der Waals surface area (Å²) in [6.45, 7) is 8.21. The molecule has 118 valence electrons. The van der Waals surface area contributed by atoms with E-state index in [1.807, 2.05) is 54.6 Å². The van der Waals surface area contributed by atoms with Gasteiger partial charge in [0.1, 0.15) is 0 Å². The van der Waals surface area contributed by atoms with Crippen LogP contribution in [0, 0.1) is 0 Å². The van der Waals surface area contributed by atoms with Gasteiger partial charge in [0.2, 0.25) is 0 Å². The summed E-state index contributed by atoms with van der Waals surface area (Å²) < 4.78 is 25.2. The molecule has 0 aliphatic rings. The lowest BCUT2D eigenvalue weighted by atomic mass is 9.87. The van der Waals surface area contributed by atoms with E-state index in [2.05, 4.69) is 20.8 Å². The molecule has 0 heterocycles. The average Bonchev–Trinajstić information content (AvgIpc) is 2.46. The van der Waals surface area contributed by atoms with Crippen LogP contribution < -0.4 is 0 Å². The lowest BCUT2D eigenvalue weighted by Gasteiger charge is -2.19. The maximum atomic E-state index is 12.6. The molecule has 22 heavy (non-hydrogen) atoms. The Bertz CT molecular complexity index is 708. The fraction of sp³-hybridized carbons (Fsp3) is 0.368. The highest BCUT2D eigenvalue weighted by Gasteiger charge is 2.23. The Hall–Kier alpha value is -1.61. The third-order valence-electron chi connectivity index (χ3n) is 4.00. The Labute approximate surface area is 134 Å².